The van der Waals surface area contributed by atoms with Gasteiger partial charge in [-0.25, -0.2) is 0 Å². The lowest BCUT2D eigenvalue weighted by Gasteiger charge is -2.09. The van der Waals surface area contributed by atoms with Crippen molar-refractivity contribution in [2.45, 2.75) is 13.0 Å². The zero-order valence-corrected chi connectivity index (χ0v) is 7.65. The molecule has 4 nitrogen and oxygen atoms in total. The van der Waals surface area contributed by atoms with Gasteiger partial charge in [0.15, 0.2) is 11.9 Å². The number of rotatable bonds is 3. The van der Waals surface area contributed by atoms with Crippen LogP contribution in [0, 0.1) is 0 Å². The molecular formula is C10H10NO3. The molecule has 2 N–H and O–H groups in total. The number of ketones is 1. The summed E-state index contributed by atoms with van der Waals surface area (Å²) < 4.78 is 0. The van der Waals surface area contributed by atoms with Gasteiger partial charge in [0.2, 0.25) is 0 Å². The Kier molecular flexibility index (Phi) is 2.99. The molecule has 4 heteroatoms. The van der Waals surface area contributed by atoms with Crippen molar-refractivity contribution in [3.05, 3.63) is 35.4 Å². The van der Waals surface area contributed by atoms with Gasteiger partial charge in [0.1, 0.15) is 0 Å². The molecule has 0 spiro atoms. The lowest BCUT2D eigenvalue weighted by atomic mass is 9.99. The summed E-state index contributed by atoms with van der Waals surface area (Å²) in [6.07, 6.45) is -1.53. The molecule has 1 atom stereocenters. The molecule has 14 heavy (non-hydrogen) atoms. The largest absolute Gasteiger partial charge is 0.378 e. The first-order valence-electron chi connectivity index (χ1n) is 4.07. The maximum atomic E-state index is 11.1. The minimum Gasteiger partial charge on any atom is -0.378 e. The number of amides is 1. The van der Waals surface area contributed by atoms with Crippen LogP contribution in [0.15, 0.2) is 24.3 Å². The van der Waals surface area contributed by atoms with Crippen LogP contribution in [0.25, 0.3) is 0 Å². The molecule has 0 aromatic heterocycles. The van der Waals surface area contributed by atoms with E-state index < -0.39 is 12.0 Å². The van der Waals surface area contributed by atoms with Gasteiger partial charge in [-0.15, -0.1) is 0 Å². The Hall–Kier alpha value is -1.68. The van der Waals surface area contributed by atoms with Gasteiger partial charge in [-0.05, 0) is 6.92 Å². The van der Waals surface area contributed by atoms with E-state index in [2.05, 4.69) is 0 Å². The second-order valence-corrected chi connectivity index (χ2v) is 2.91. The lowest BCUT2D eigenvalue weighted by Crippen LogP contribution is -2.15. The highest BCUT2D eigenvalue weighted by Gasteiger charge is 2.19. The van der Waals surface area contributed by atoms with E-state index >= 15 is 0 Å². The fraction of sp³-hybridized carbons (Fsp3) is 0.200. The molecule has 0 aliphatic rings. The van der Waals surface area contributed by atoms with Crippen LogP contribution in [0.5, 0.6) is 0 Å². The average molecular weight is 192 g/mol. The normalized spacial score (nSPS) is 12.1. The molecule has 1 unspecified atom stereocenters. The third-order valence-corrected chi connectivity index (χ3v) is 1.88. The number of carbonyl (C=O) groups is 2. The van der Waals surface area contributed by atoms with Gasteiger partial charge in [0.25, 0.3) is 5.91 Å². The molecule has 0 fully saturated rings. The van der Waals surface area contributed by atoms with Crippen LogP contribution < -0.4 is 5.73 Å². The Bertz CT molecular complexity index is 373. The third kappa shape index (κ3) is 1.97. The highest BCUT2D eigenvalue weighted by Crippen LogP contribution is 2.18. The van der Waals surface area contributed by atoms with Crippen LogP contribution in [0.3, 0.4) is 0 Å². The van der Waals surface area contributed by atoms with Gasteiger partial charge in [-0.2, -0.15) is 0 Å². The summed E-state index contributed by atoms with van der Waals surface area (Å²) >= 11 is 0. The summed E-state index contributed by atoms with van der Waals surface area (Å²) in [5.41, 5.74) is 7.23. The monoisotopic (exact) mass is 192 g/mol. The maximum Gasteiger partial charge on any atom is 0.271 e. The Morgan fingerprint density at radius 2 is 1.93 bits per heavy atom. The summed E-state index contributed by atoms with van der Waals surface area (Å²) in [5.74, 6) is -1.35. The summed E-state index contributed by atoms with van der Waals surface area (Å²) in [4.78, 5) is 21.7. The predicted octanol–water partition coefficient (Wildman–Crippen LogP) is 0.732. The number of Topliss-reactive ketones (excluding diaryl/α,β-unsaturated/α-hetero) is 1. The number of carbonyl (C=O) groups excluding carboxylic acids is 2. The van der Waals surface area contributed by atoms with Crippen molar-refractivity contribution in [3.8, 4) is 0 Å². The number of hydrogen-bond donors (Lipinski definition) is 1. The zero-order valence-electron chi connectivity index (χ0n) is 7.65. The van der Waals surface area contributed by atoms with Crippen molar-refractivity contribution in [1.29, 1.82) is 0 Å². The first-order valence-corrected chi connectivity index (χ1v) is 4.07. The molecule has 1 aromatic rings. The first-order chi connectivity index (χ1) is 6.54. The van der Waals surface area contributed by atoms with E-state index in [9.17, 15) is 14.7 Å². The Labute approximate surface area is 81.3 Å². The molecule has 0 aliphatic heterocycles. The number of aliphatic hydroxyl groups is 1. The van der Waals surface area contributed by atoms with E-state index in [0.717, 1.165) is 0 Å². The second kappa shape index (κ2) is 4.02. The standard InChI is InChI=1S/C10H10NO3/c1-6(12)7-4-2-3-5-8(7)9(13)10(11)14/h2-5,9,11,13H,1H3. The van der Waals surface area contributed by atoms with Crippen molar-refractivity contribution in [2.75, 3.05) is 0 Å². The topological polar surface area (TPSA) is 78.2 Å². The number of benzene rings is 1. The van der Waals surface area contributed by atoms with Crippen LogP contribution in [0.2, 0.25) is 0 Å². The van der Waals surface area contributed by atoms with Crippen LogP contribution in [0.1, 0.15) is 28.9 Å². The molecule has 0 aliphatic carbocycles. The van der Waals surface area contributed by atoms with Crippen LogP contribution in [-0.2, 0) is 4.79 Å². The zero-order chi connectivity index (χ0) is 10.7. The molecule has 1 amide bonds. The molecule has 0 bridgehead atoms. The van der Waals surface area contributed by atoms with E-state index in [1.807, 2.05) is 0 Å². The van der Waals surface area contributed by atoms with Crippen LogP contribution in [0.4, 0.5) is 0 Å². The molecule has 1 aromatic carbocycles. The van der Waals surface area contributed by atoms with Gasteiger partial charge in [-0.1, -0.05) is 24.3 Å². The second-order valence-electron chi connectivity index (χ2n) is 2.91. The van der Waals surface area contributed by atoms with Crippen LogP contribution in [-0.4, -0.2) is 16.8 Å². The average Bonchev–Trinajstić information content (AvgIpc) is 2.16. The number of hydrogen-bond acceptors (Lipinski definition) is 3. The van der Waals surface area contributed by atoms with E-state index in [1.165, 1.54) is 19.1 Å². The van der Waals surface area contributed by atoms with Crippen molar-refractivity contribution in [2.24, 2.45) is 0 Å². The summed E-state index contributed by atoms with van der Waals surface area (Å²) in [6, 6.07) is 6.23. The van der Waals surface area contributed by atoms with Gasteiger partial charge < -0.3 is 5.11 Å². The Morgan fingerprint density at radius 1 is 1.36 bits per heavy atom. The lowest BCUT2D eigenvalue weighted by molar-refractivity contribution is -0.126. The molecule has 1 rings (SSSR count). The van der Waals surface area contributed by atoms with Gasteiger partial charge in [0, 0.05) is 11.1 Å². The highest BCUT2D eigenvalue weighted by molar-refractivity contribution is 5.97. The highest BCUT2D eigenvalue weighted by atomic mass is 16.3. The minimum atomic E-state index is -1.53. The van der Waals surface area contributed by atoms with E-state index in [0.29, 0.717) is 0 Å². The Morgan fingerprint density at radius 3 is 2.43 bits per heavy atom. The Balaban J connectivity index is 3.19. The van der Waals surface area contributed by atoms with Crippen molar-refractivity contribution >= 4 is 11.7 Å². The minimum absolute atomic E-state index is 0.194. The van der Waals surface area contributed by atoms with Gasteiger partial charge >= 0.3 is 0 Å². The quantitative estimate of drug-likeness (QED) is 0.717. The fourth-order valence-electron chi connectivity index (χ4n) is 1.20. The first kappa shape index (κ1) is 10.4. The van der Waals surface area contributed by atoms with Crippen molar-refractivity contribution in [1.82, 2.24) is 5.73 Å². The van der Waals surface area contributed by atoms with E-state index in [-0.39, 0.29) is 16.9 Å². The molecule has 73 valence electrons. The molecule has 1 radical (unpaired) electrons. The van der Waals surface area contributed by atoms with Gasteiger partial charge in [-0.3, -0.25) is 15.3 Å². The summed E-state index contributed by atoms with van der Waals surface area (Å²) in [7, 11) is 0. The van der Waals surface area contributed by atoms with E-state index in [4.69, 9.17) is 5.73 Å². The fourth-order valence-corrected chi connectivity index (χ4v) is 1.20. The smallest absolute Gasteiger partial charge is 0.271 e. The third-order valence-electron chi connectivity index (χ3n) is 1.88. The van der Waals surface area contributed by atoms with Crippen LogP contribution >= 0.6 is 0 Å². The molecular weight excluding hydrogens is 182 g/mol. The van der Waals surface area contributed by atoms with Crippen molar-refractivity contribution in [3.63, 3.8) is 0 Å². The summed E-state index contributed by atoms with van der Waals surface area (Å²) in [6.45, 7) is 1.35. The molecule has 0 heterocycles. The van der Waals surface area contributed by atoms with Gasteiger partial charge in [0.05, 0.1) is 0 Å². The molecule has 0 saturated carbocycles. The predicted molar refractivity (Wildman–Crippen MR) is 49.5 cm³/mol. The number of nitrogens with one attached hydrogen (secondary N) is 1. The molecule has 0 saturated heterocycles. The van der Waals surface area contributed by atoms with Crippen molar-refractivity contribution < 1.29 is 14.7 Å². The van der Waals surface area contributed by atoms with E-state index in [1.54, 1.807) is 12.1 Å². The SMILES string of the molecule is CC(=O)c1ccccc1C(O)C([NH])=O. The number of aliphatic hydroxyl groups excluding tert-OH is 1. The summed E-state index contributed by atoms with van der Waals surface area (Å²) in [5, 5.41) is 9.34. The maximum absolute atomic E-state index is 11.1.